The summed E-state index contributed by atoms with van der Waals surface area (Å²) in [6.45, 7) is 4.53. The van der Waals surface area contributed by atoms with Gasteiger partial charge in [0.1, 0.15) is 30.5 Å². The standard InChI is InChI=1S/C48H92O9/c1-3-5-7-9-11-13-15-16-17-18-19-20-21-22-23-24-25-26-27-29-31-33-35-37-44(50)56-42(41-55-48-47(53)46(52)45(51)43(39-49)57-48)40-54-38-36-34-32-30-28-14-12-10-8-6-4-2/h8,10,42-43,45-49,51-53H,3-7,9,11-41H2,1-2H3/b10-8-. The maximum Gasteiger partial charge on any atom is 0.306 e. The number of hydrogen-bond donors (Lipinski definition) is 4. The number of carbonyl (C=O) groups excluding carboxylic acids is 1. The molecule has 1 aliphatic heterocycles. The first-order chi connectivity index (χ1) is 27.9. The molecule has 1 fully saturated rings. The van der Waals surface area contributed by atoms with Crippen LogP contribution < -0.4 is 0 Å². The summed E-state index contributed by atoms with van der Waals surface area (Å²) in [7, 11) is 0. The second kappa shape index (κ2) is 40.3. The second-order valence-electron chi connectivity index (χ2n) is 16.9. The van der Waals surface area contributed by atoms with Gasteiger partial charge in [0.05, 0.1) is 19.8 Å². The minimum Gasteiger partial charge on any atom is -0.457 e. The molecule has 0 aromatic heterocycles. The van der Waals surface area contributed by atoms with Gasteiger partial charge in [0.2, 0.25) is 0 Å². The van der Waals surface area contributed by atoms with Gasteiger partial charge >= 0.3 is 5.97 Å². The van der Waals surface area contributed by atoms with E-state index in [1.165, 1.54) is 167 Å². The third-order valence-corrected chi connectivity index (χ3v) is 11.4. The quantitative estimate of drug-likeness (QED) is 0.0270. The van der Waals surface area contributed by atoms with Crippen molar-refractivity contribution in [1.82, 2.24) is 0 Å². The van der Waals surface area contributed by atoms with E-state index in [1.54, 1.807) is 0 Å². The zero-order valence-corrected chi connectivity index (χ0v) is 37.1. The molecule has 338 valence electrons. The molecule has 6 atom stereocenters. The first kappa shape index (κ1) is 53.9. The Balaban J connectivity index is 2.15. The van der Waals surface area contributed by atoms with E-state index in [0.717, 1.165) is 38.5 Å². The smallest absolute Gasteiger partial charge is 0.306 e. The molecule has 6 unspecified atom stereocenters. The number of ether oxygens (including phenoxy) is 4. The van der Waals surface area contributed by atoms with Crippen molar-refractivity contribution in [2.75, 3.05) is 26.4 Å². The van der Waals surface area contributed by atoms with Crippen molar-refractivity contribution < 1.29 is 44.2 Å². The number of rotatable bonds is 42. The van der Waals surface area contributed by atoms with Crippen LogP contribution in [-0.4, -0.2) is 89.6 Å². The third-order valence-electron chi connectivity index (χ3n) is 11.4. The summed E-state index contributed by atoms with van der Waals surface area (Å²) >= 11 is 0. The Bertz CT molecular complexity index is 884. The van der Waals surface area contributed by atoms with Crippen LogP contribution in [0.3, 0.4) is 0 Å². The fourth-order valence-corrected chi connectivity index (χ4v) is 7.61. The predicted octanol–water partition coefficient (Wildman–Crippen LogP) is 11.2. The van der Waals surface area contributed by atoms with E-state index in [-0.39, 0.29) is 19.2 Å². The first-order valence-corrected chi connectivity index (χ1v) is 24.3. The van der Waals surface area contributed by atoms with Crippen LogP contribution in [0.15, 0.2) is 12.2 Å². The molecule has 0 radical (unpaired) electrons. The Hall–Kier alpha value is -1.07. The lowest BCUT2D eigenvalue weighted by atomic mass is 9.99. The predicted molar refractivity (Wildman–Crippen MR) is 233 cm³/mol. The van der Waals surface area contributed by atoms with Crippen molar-refractivity contribution >= 4 is 5.97 Å². The second-order valence-corrected chi connectivity index (χ2v) is 16.9. The molecular formula is C48H92O9. The topological polar surface area (TPSA) is 135 Å². The highest BCUT2D eigenvalue weighted by molar-refractivity contribution is 5.69. The van der Waals surface area contributed by atoms with Gasteiger partial charge in [-0.25, -0.2) is 0 Å². The van der Waals surface area contributed by atoms with Crippen molar-refractivity contribution in [3.63, 3.8) is 0 Å². The molecule has 1 rings (SSSR count). The fourth-order valence-electron chi connectivity index (χ4n) is 7.61. The molecule has 9 nitrogen and oxygen atoms in total. The van der Waals surface area contributed by atoms with Gasteiger partial charge in [-0.15, -0.1) is 0 Å². The molecule has 0 amide bonds. The highest BCUT2D eigenvalue weighted by Crippen LogP contribution is 2.23. The monoisotopic (exact) mass is 813 g/mol. The minimum atomic E-state index is -1.53. The minimum absolute atomic E-state index is 0.111. The number of aliphatic hydroxyl groups excluding tert-OH is 4. The van der Waals surface area contributed by atoms with Crippen LogP contribution in [0.5, 0.6) is 0 Å². The number of hydrogen-bond acceptors (Lipinski definition) is 9. The zero-order valence-electron chi connectivity index (χ0n) is 37.1. The van der Waals surface area contributed by atoms with E-state index in [1.807, 2.05) is 0 Å². The molecule has 9 heteroatoms. The summed E-state index contributed by atoms with van der Waals surface area (Å²) in [5, 5.41) is 40.1. The molecule has 57 heavy (non-hydrogen) atoms. The summed E-state index contributed by atoms with van der Waals surface area (Å²) in [6.07, 6.45) is 38.3. The summed E-state index contributed by atoms with van der Waals surface area (Å²) in [5.41, 5.74) is 0. The van der Waals surface area contributed by atoms with Crippen LogP contribution in [0, 0.1) is 0 Å². The van der Waals surface area contributed by atoms with Crippen LogP contribution in [0.1, 0.15) is 226 Å². The van der Waals surface area contributed by atoms with Crippen LogP contribution in [0.25, 0.3) is 0 Å². The van der Waals surface area contributed by atoms with Crippen molar-refractivity contribution in [2.45, 2.75) is 263 Å². The number of esters is 1. The number of carbonyl (C=O) groups is 1. The SMILES string of the molecule is CCC/C=C\CCCCCCCCOCC(COC1OC(CO)C(O)C(O)C1O)OC(=O)CCCCCCCCCCCCCCCCCCCCCCCCC. The molecule has 0 bridgehead atoms. The van der Waals surface area contributed by atoms with E-state index < -0.39 is 43.4 Å². The largest absolute Gasteiger partial charge is 0.457 e. The Labute approximate surface area is 350 Å². The normalized spacial score (nSPS) is 20.4. The lowest BCUT2D eigenvalue weighted by molar-refractivity contribution is -0.305. The van der Waals surface area contributed by atoms with Crippen molar-refractivity contribution in [2.24, 2.45) is 0 Å². The maximum absolute atomic E-state index is 12.8. The third kappa shape index (κ3) is 31.5. The van der Waals surface area contributed by atoms with Crippen LogP contribution in [0.2, 0.25) is 0 Å². The van der Waals surface area contributed by atoms with Crippen LogP contribution >= 0.6 is 0 Å². The highest BCUT2D eigenvalue weighted by Gasteiger charge is 2.44. The van der Waals surface area contributed by atoms with Crippen LogP contribution in [-0.2, 0) is 23.7 Å². The van der Waals surface area contributed by atoms with Gasteiger partial charge in [-0.3, -0.25) is 4.79 Å². The summed E-state index contributed by atoms with van der Waals surface area (Å²) < 4.78 is 22.8. The van der Waals surface area contributed by atoms with E-state index in [9.17, 15) is 25.2 Å². The first-order valence-electron chi connectivity index (χ1n) is 24.3. The molecule has 0 saturated carbocycles. The molecule has 0 aromatic rings. The maximum atomic E-state index is 12.8. The summed E-state index contributed by atoms with van der Waals surface area (Å²) in [6, 6.07) is 0. The molecule has 0 aromatic carbocycles. The lowest BCUT2D eigenvalue weighted by Crippen LogP contribution is -2.59. The molecular weight excluding hydrogens is 721 g/mol. The molecule has 1 heterocycles. The number of aliphatic hydroxyl groups is 4. The van der Waals surface area contributed by atoms with E-state index in [4.69, 9.17) is 18.9 Å². The Morgan fingerprint density at radius 3 is 1.49 bits per heavy atom. The van der Waals surface area contributed by atoms with E-state index >= 15 is 0 Å². The molecule has 0 aliphatic carbocycles. The molecule has 1 saturated heterocycles. The number of unbranched alkanes of at least 4 members (excludes halogenated alkanes) is 29. The van der Waals surface area contributed by atoms with Gasteiger partial charge in [-0.1, -0.05) is 199 Å². The Morgan fingerprint density at radius 2 is 1.00 bits per heavy atom. The van der Waals surface area contributed by atoms with Gasteiger partial charge in [0, 0.05) is 13.0 Å². The number of allylic oxidation sites excluding steroid dienone is 2. The molecule has 0 spiro atoms. The van der Waals surface area contributed by atoms with Gasteiger partial charge in [-0.05, 0) is 32.1 Å². The lowest BCUT2D eigenvalue weighted by Gasteiger charge is -2.39. The average Bonchev–Trinajstić information content (AvgIpc) is 3.21. The molecule has 4 N–H and O–H groups in total. The van der Waals surface area contributed by atoms with E-state index in [2.05, 4.69) is 26.0 Å². The zero-order chi connectivity index (χ0) is 41.4. The van der Waals surface area contributed by atoms with Gasteiger partial charge in [-0.2, -0.15) is 0 Å². The van der Waals surface area contributed by atoms with Crippen molar-refractivity contribution in [1.29, 1.82) is 0 Å². The average molecular weight is 813 g/mol. The van der Waals surface area contributed by atoms with E-state index in [0.29, 0.717) is 13.0 Å². The fraction of sp³-hybridized carbons (Fsp3) is 0.938. The van der Waals surface area contributed by atoms with Gasteiger partial charge < -0.3 is 39.4 Å². The van der Waals surface area contributed by atoms with Crippen molar-refractivity contribution in [3.8, 4) is 0 Å². The molecule has 1 aliphatic rings. The summed E-state index contributed by atoms with van der Waals surface area (Å²) in [4.78, 5) is 12.8. The summed E-state index contributed by atoms with van der Waals surface area (Å²) in [5.74, 6) is -0.311. The Morgan fingerprint density at radius 1 is 0.544 bits per heavy atom. The van der Waals surface area contributed by atoms with Crippen molar-refractivity contribution in [3.05, 3.63) is 12.2 Å². The van der Waals surface area contributed by atoms with Gasteiger partial charge in [0.25, 0.3) is 0 Å². The Kier molecular flexibility index (Phi) is 38.2. The highest BCUT2D eigenvalue weighted by atomic mass is 16.7. The van der Waals surface area contributed by atoms with Gasteiger partial charge in [0.15, 0.2) is 6.29 Å². The van der Waals surface area contributed by atoms with Crippen LogP contribution in [0.4, 0.5) is 0 Å².